The predicted octanol–water partition coefficient (Wildman–Crippen LogP) is 0.290. The molecule has 0 amide bonds. The molecule has 84 valence electrons. The van der Waals surface area contributed by atoms with Crippen LogP contribution in [0.1, 0.15) is 25.3 Å². The molecule has 1 heterocycles. The molecule has 0 aliphatic carbocycles. The summed E-state index contributed by atoms with van der Waals surface area (Å²) in [5.74, 6) is 6.94. The fraction of sp³-hybridized carbons (Fsp3) is 0.556. The summed E-state index contributed by atoms with van der Waals surface area (Å²) in [6.07, 6.45) is 1.43. The minimum Gasteiger partial charge on any atom is -0.395 e. The molecule has 0 aliphatic heterocycles. The Kier molecular flexibility index (Phi) is 4.26. The number of hydrazine groups is 1. The van der Waals surface area contributed by atoms with Gasteiger partial charge in [0, 0.05) is 12.1 Å². The van der Waals surface area contributed by atoms with Gasteiger partial charge in [0.05, 0.1) is 6.61 Å². The first-order chi connectivity index (χ1) is 7.20. The van der Waals surface area contributed by atoms with Crippen LogP contribution in [0.25, 0.3) is 0 Å². The Balaban J connectivity index is 3.02. The van der Waals surface area contributed by atoms with Crippen molar-refractivity contribution < 1.29 is 5.11 Å². The molecule has 0 atom stereocenters. The molecule has 15 heavy (non-hydrogen) atoms. The molecule has 6 nitrogen and oxygen atoms in total. The first-order valence-corrected chi connectivity index (χ1v) is 4.87. The fourth-order valence-electron chi connectivity index (χ4n) is 1.37. The number of aliphatic hydroxyl groups is 1. The van der Waals surface area contributed by atoms with Crippen molar-refractivity contribution in [1.82, 2.24) is 9.97 Å². The Morgan fingerprint density at radius 2 is 2.07 bits per heavy atom. The topological polar surface area (TPSA) is 96.1 Å². The Bertz CT molecular complexity index is 315. The third kappa shape index (κ3) is 2.77. The van der Waals surface area contributed by atoms with Crippen molar-refractivity contribution in [2.45, 2.75) is 19.8 Å². The molecule has 6 heteroatoms. The lowest BCUT2D eigenvalue weighted by Crippen LogP contribution is -2.16. The summed E-state index contributed by atoms with van der Waals surface area (Å²) >= 11 is 0. The monoisotopic (exact) mass is 211 g/mol. The molecule has 0 radical (unpaired) electrons. The summed E-state index contributed by atoms with van der Waals surface area (Å²) in [6, 6.07) is 0. The summed E-state index contributed by atoms with van der Waals surface area (Å²) in [6.45, 7) is 4.58. The number of nitrogens with one attached hydrogen (secondary N) is 2. The Labute approximate surface area is 88.9 Å². The SMILES string of the molecule is CC(C)c1c(NN)ncnc1NCCO. The van der Waals surface area contributed by atoms with Gasteiger partial charge < -0.3 is 15.8 Å². The Morgan fingerprint density at radius 3 is 2.60 bits per heavy atom. The maximum absolute atomic E-state index is 8.74. The van der Waals surface area contributed by atoms with E-state index in [1.807, 2.05) is 13.8 Å². The molecule has 0 bridgehead atoms. The maximum Gasteiger partial charge on any atom is 0.148 e. The minimum absolute atomic E-state index is 0.0624. The highest BCUT2D eigenvalue weighted by molar-refractivity contribution is 5.58. The van der Waals surface area contributed by atoms with Crippen LogP contribution < -0.4 is 16.6 Å². The quantitative estimate of drug-likeness (QED) is 0.413. The molecule has 5 N–H and O–H groups in total. The molecule has 0 saturated carbocycles. The van der Waals surface area contributed by atoms with E-state index in [4.69, 9.17) is 10.9 Å². The zero-order chi connectivity index (χ0) is 11.3. The summed E-state index contributed by atoms with van der Waals surface area (Å²) in [5.41, 5.74) is 3.46. The molecule has 0 saturated heterocycles. The van der Waals surface area contributed by atoms with Gasteiger partial charge in [-0.2, -0.15) is 0 Å². The summed E-state index contributed by atoms with van der Waals surface area (Å²) in [7, 11) is 0. The molecule has 0 fully saturated rings. The molecular weight excluding hydrogens is 194 g/mol. The van der Waals surface area contributed by atoms with Crippen molar-refractivity contribution in [2.75, 3.05) is 23.9 Å². The third-order valence-corrected chi connectivity index (χ3v) is 2.00. The first-order valence-electron chi connectivity index (χ1n) is 4.87. The van der Waals surface area contributed by atoms with E-state index in [1.165, 1.54) is 6.33 Å². The summed E-state index contributed by atoms with van der Waals surface area (Å²) < 4.78 is 0. The zero-order valence-corrected chi connectivity index (χ0v) is 8.99. The lowest BCUT2D eigenvalue weighted by atomic mass is 10.0. The minimum atomic E-state index is 0.0624. The van der Waals surface area contributed by atoms with Crippen molar-refractivity contribution in [3.8, 4) is 0 Å². The standard InChI is InChI=1S/C9H17N5O/c1-6(2)7-8(11-3-4-15)12-5-13-9(7)14-10/h5-6,15H,3-4,10H2,1-2H3,(H2,11,12,13,14). The highest BCUT2D eigenvalue weighted by Gasteiger charge is 2.13. The van der Waals surface area contributed by atoms with Crippen molar-refractivity contribution in [3.05, 3.63) is 11.9 Å². The molecule has 0 aromatic carbocycles. The van der Waals surface area contributed by atoms with E-state index < -0.39 is 0 Å². The van der Waals surface area contributed by atoms with E-state index >= 15 is 0 Å². The van der Waals surface area contributed by atoms with Gasteiger partial charge in [-0.05, 0) is 5.92 Å². The van der Waals surface area contributed by atoms with Crippen molar-refractivity contribution in [2.24, 2.45) is 5.84 Å². The number of anilines is 2. The van der Waals surface area contributed by atoms with Gasteiger partial charge in [0.1, 0.15) is 18.0 Å². The second kappa shape index (κ2) is 5.47. The fourth-order valence-corrected chi connectivity index (χ4v) is 1.37. The van der Waals surface area contributed by atoms with Crippen LogP contribution in [-0.4, -0.2) is 28.2 Å². The van der Waals surface area contributed by atoms with Gasteiger partial charge >= 0.3 is 0 Å². The van der Waals surface area contributed by atoms with Crippen LogP contribution in [0, 0.1) is 0 Å². The van der Waals surface area contributed by atoms with Gasteiger partial charge in [-0.1, -0.05) is 13.8 Å². The number of nitrogens with zero attached hydrogens (tertiary/aromatic N) is 2. The van der Waals surface area contributed by atoms with Gasteiger partial charge in [0.25, 0.3) is 0 Å². The molecular formula is C9H17N5O. The third-order valence-electron chi connectivity index (χ3n) is 2.00. The lowest BCUT2D eigenvalue weighted by molar-refractivity contribution is 0.311. The summed E-state index contributed by atoms with van der Waals surface area (Å²) in [4.78, 5) is 8.15. The van der Waals surface area contributed by atoms with Crippen molar-refractivity contribution in [3.63, 3.8) is 0 Å². The number of aromatic nitrogens is 2. The second-order valence-electron chi connectivity index (χ2n) is 3.43. The molecule has 1 aromatic rings. The zero-order valence-electron chi connectivity index (χ0n) is 8.99. The van der Waals surface area contributed by atoms with E-state index in [2.05, 4.69) is 20.7 Å². The molecule has 0 spiro atoms. The van der Waals surface area contributed by atoms with Crippen LogP contribution in [0.2, 0.25) is 0 Å². The lowest BCUT2D eigenvalue weighted by Gasteiger charge is -2.15. The van der Waals surface area contributed by atoms with E-state index in [-0.39, 0.29) is 12.5 Å². The van der Waals surface area contributed by atoms with Gasteiger partial charge in [0.2, 0.25) is 0 Å². The van der Waals surface area contributed by atoms with Gasteiger partial charge in [-0.15, -0.1) is 0 Å². The highest BCUT2D eigenvalue weighted by atomic mass is 16.3. The van der Waals surface area contributed by atoms with Gasteiger partial charge in [-0.3, -0.25) is 0 Å². The predicted molar refractivity (Wildman–Crippen MR) is 59.5 cm³/mol. The summed E-state index contributed by atoms with van der Waals surface area (Å²) in [5, 5.41) is 11.8. The van der Waals surface area contributed by atoms with E-state index in [1.54, 1.807) is 0 Å². The molecule has 1 aromatic heterocycles. The molecule has 1 rings (SSSR count). The average Bonchev–Trinajstić information content (AvgIpc) is 2.25. The second-order valence-corrected chi connectivity index (χ2v) is 3.43. The molecule has 0 aliphatic rings. The van der Waals surface area contributed by atoms with Crippen LogP contribution >= 0.6 is 0 Å². The molecule has 0 unspecified atom stereocenters. The number of hydrogen-bond donors (Lipinski definition) is 4. The number of hydrogen-bond acceptors (Lipinski definition) is 6. The van der Waals surface area contributed by atoms with Gasteiger partial charge in [-0.25, -0.2) is 15.8 Å². The van der Waals surface area contributed by atoms with Crippen LogP contribution in [0.3, 0.4) is 0 Å². The number of aliphatic hydroxyl groups excluding tert-OH is 1. The van der Waals surface area contributed by atoms with Crippen molar-refractivity contribution in [1.29, 1.82) is 0 Å². The van der Waals surface area contributed by atoms with Crippen molar-refractivity contribution >= 4 is 11.6 Å². The van der Waals surface area contributed by atoms with E-state index in [0.717, 1.165) is 5.56 Å². The van der Waals surface area contributed by atoms with Crippen LogP contribution in [0.4, 0.5) is 11.6 Å². The first kappa shape index (κ1) is 11.7. The number of rotatable bonds is 5. The number of nitrogen functional groups attached to an aromatic ring is 1. The van der Waals surface area contributed by atoms with E-state index in [9.17, 15) is 0 Å². The van der Waals surface area contributed by atoms with E-state index in [0.29, 0.717) is 18.2 Å². The van der Waals surface area contributed by atoms with Crippen LogP contribution in [0.5, 0.6) is 0 Å². The largest absolute Gasteiger partial charge is 0.395 e. The Hall–Kier alpha value is -1.40. The van der Waals surface area contributed by atoms with Crippen LogP contribution in [0.15, 0.2) is 6.33 Å². The average molecular weight is 211 g/mol. The van der Waals surface area contributed by atoms with Crippen LogP contribution in [-0.2, 0) is 0 Å². The number of nitrogens with two attached hydrogens (primary N) is 1. The Morgan fingerprint density at radius 1 is 1.40 bits per heavy atom. The highest BCUT2D eigenvalue weighted by Crippen LogP contribution is 2.27. The van der Waals surface area contributed by atoms with Gasteiger partial charge in [0.15, 0.2) is 0 Å². The smallest absolute Gasteiger partial charge is 0.148 e. The normalized spacial score (nSPS) is 10.5. The maximum atomic E-state index is 8.74.